The molecule has 0 amide bonds. The number of benzene rings is 1. The number of halogens is 2. The van der Waals surface area contributed by atoms with Crippen LogP contribution in [0.15, 0.2) is 21.5 Å². The quantitative estimate of drug-likeness (QED) is 0.845. The van der Waals surface area contributed by atoms with E-state index in [1.165, 1.54) is 4.31 Å². The number of ether oxygens (including phenoxy) is 1. The Morgan fingerprint density at radius 3 is 2.86 bits per heavy atom. The summed E-state index contributed by atoms with van der Waals surface area (Å²) in [5.74, 6) is 0.519. The number of sulfonamides is 1. The predicted molar refractivity (Wildman–Crippen MR) is 86.8 cm³/mol. The first-order valence-corrected chi connectivity index (χ1v) is 8.87. The van der Waals surface area contributed by atoms with E-state index in [1.807, 2.05) is 6.07 Å². The maximum Gasteiger partial charge on any atom is 0.246 e. The molecule has 8 heteroatoms. The summed E-state index contributed by atoms with van der Waals surface area (Å²) in [4.78, 5) is 0.272. The van der Waals surface area contributed by atoms with Crippen LogP contribution in [0.4, 0.5) is 0 Å². The van der Waals surface area contributed by atoms with E-state index in [4.69, 9.17) is 4.74 Å². The number of likely N-dealkylation sites (N-methyl/N-ethyl adjacent to an activating group) is 1. The molecule has 1 saturated heterocycles. The average molecular weight is 398 g/mol. The number of hydrogen-bond acceptors (Lipinski definition) is 4. The van der Waals surface area contributed by atoms with E-state index in [0.717, 1.165) is 29.4 Å². The van der Waals surface area contributed by atoms with Crippen LogP contribution in [-0.2, 0) is 16.4 Å². The first kappa shape index (κ1) is 17.0. The largest absolute Gasteiger partial charge is 0.492 e. The van der Waals surface area contributed by atoms with Crippen LogP contribution in [0.5, 0.6) is 5.75 Å². The zero-order valence-corrected chi connectivity index (χ0v) is 14.9. The highest BCUT2D eigenvalue weighted by molar-refractivity contribution is 9.10. The van der Waals surface area contributed by atoms with Gasteiger partial charge in [0.05, 0.1) is 6.61 Å². The summed E-state index contributed by atoms with van der Waals surface area (Å²) < 4.78 is 33.4. The molecule has 21 heavy (non-hydrogen) atoms. The van der Waals surface area contributed by atoms with Crippen molar-refractivity contribution in [1.82, 2.24) is 9.62 Å². The van der Waals surface area contributed by atoms with Crippen molar-refractivity contribution in [1.29, 1.82) is 0 Å². The molecular weight excluding hydrogens is 380 g/mol. The second kappa shape index (κ2) is 6.42. The zero-order valence-electron chi connectivity index (χ0n) is 11.6. The van der Waals surface area contributed by atoms with Gasteiger partial charge < -0.3 is 10.1 Å². The lowest BCUT2D eigenvalue weighted by molar-refractivity contribution is 0.344. The lowest BCUT2D eigenvalue weighted by Gasteiger charge is -2.24. The molecule has 0 bridgehead atoms. The Morgan fingerprint density at radius 1 is 1.43 bits per heavy atom. The number of nitrogens with zero attached hydrogens (tertiary/aromatic N) is 1. The van der Waals surface area contributed by atoms with Crippen LogP contribution in [0, 0.1) is 0 Å². The van der Waals surface area contributed by atoms with E-state index in [9.17, 15) is 8.42 Å². The minimum Gasteiger partial charge on any atom is -0.492 e. The molecule has 0 spiro atoms. The van der Waals surface area contributed by atoms with Gasteiger partial charge in [-0.3, -0.25) is 0 Å². The van der Waals surface area contributed by atoms with Crippen LogP contribution in [0.1, 0.15) is 12.0 Å². The van der Waals surface area contributed by atoms with Crippen molar-refractivity contribution in [2.75, 3.05) is 26.7 Å². The maximum absolute atomic E-state index is 12.8. The third-order valence-electron chi connectivity index (χ3n) is 3.92. The van der Waals surface area contributed by atoms with E-state index >= 15 is 0 Å². The Morgan fingerprint density at radius 2 is 2.19 bits per heavy atom. The van der Waals surface area contributed by atoms with E-state index in [1.54, 1.807) is 13.1 Å². The first-order chi connectivity index (χ1) is 9.50. The molecule has 1 aromatic carbocycles. The molecule has 1 N–H and O–H groups in total. The molecule has 1 unspecified atom stereocenters. The van der Waals surface area contributed by atoms with Crippen molar-refractivity contribution in [3.8, 4) is 5.75 Å². The van der Waals surface area contributed by atoms with E-state index in [0.29, 0.717) is 18.9 Å². The topological polar surface area (TPSA) is 58.6 Å². The summed E-state index contributed by atoms with van der Waals surface area (Å²) >= 11 is 3.39. The van der Waals surface area contributed by atoms with Gasteiger partial charge in [-0.15, -0.1) is 12.4 Å². The number of hydrogen-bond donors (Lipinski definition) is 1. The van der Waals surface area contributed by atoms with E-state index < -0.39 is 10.0 Å². The predicted octanol–water partition coefficient (Wildman–Crippen LogP) is 1.79. The lowest BCUT2D eigenvalue weighted by atomic mass is 10.2. The Hall–Kier alpha value is -0.340. The monoisotopic (exact) mass is 396 g/mol. The number of rotatable bonds is 3. The standard InChI is InChI=1S/C13H17BrN2O3S.ClH/c1-16(11-2-4-15-8-11)20(17,18)12-7-10(14)6-9-3-5-19-13(9)12;/h6-7,11,15H,2-5,8H2,1H3;1H. The van der Waals surface area contributed by atoms with Gasteiger partial charge in [0.1, 0.15) is 10.6 Å². The molecule has 0 aliphatic carbocycles. The molecule has 118 valence electrons. The molecule has 2 heterocycles. The van der Waals surface area contributed by atoms with Crippen LogP contribution in [0.2, 0.25) is 0 Å². The molecule has 5 nitrogen and oxygen atoms in total. The smallest absolute Gasteiger partial charge is 0.246 e. The molecule has 1 fully saturated rings. The minimum absolute atomic E-state index is 0. The summed E-state index contributed by atoms with van der Waals surface area (Å²) in [5.41, 5.74) is 0.955. The molecular formula is C13H18BrClN2O3S. The van der Waals surface area contributed by atoms with E-state index in [-0.39, 0.29) is 23.3 Å². The molecule has 2 aliphatic heterocycles. The maximum atomic E-state index is 12.8. The molecule has 2 aliphatic rings. The highest BCUT2D eigenvalue weighted by Crippen LogP contribution is 2.37. The van der Waals surface area contributed by atoms with Crippen LogP contribution in [0.25, 0.3) is 0 Å². The molecule has 1 aromatic rings. The Labute approximate surface area is 139 Å². The first-order valence-electron chi connectivity index (χ1n) is 6.64. The van der Waals surface area contributed by atoms with Crippen LogP contribution in [0.3, 0.4) is 0 Å². The van der Waals surface area contributed by atoms with Gasteiger partial charge in [0.2, 0.25) is 10.0 Å². The van der Waals surface area contributed by atoms with Gasteiger partial charge in [-0.2, -0.15) is 4.31 Å². The Balaban J connectivity index is 0.00000161. The van der Waals surface area contributed by atoms with Crippen molar-refractivity contribution in [2.45, 2.75) is 23.8 Å². The Kier molecular flexibility index (Phi) is 5.20. The van der Waals surface area contributed by atoms with Gasteiger partial charge in [-0.05, 0) is 25.1 Å². The average Bonchev–Trinajstić information content (AvgIpc) is 3.07. The molecule has 3 rings (SSSR count). The summed E-state index contributed by atoms with van der Waals surface area (Å²) in [6.07, 6.45) is 1.60. The lowest BCUT2D eigenvalue weighted by Crippen LogP contribution is -2.38. The van der Waals surface area contributed by atoms with Gasteiger partial charge in [-0.1, -0.05) is 15.9 Å². The van der Waals surface area contributed by atoms with Crippen molar-refractivity contribution < 1.29 is 13.2 Å². The summed E-state index contributed by atoms with van der Waals surface area (Å²) in [5, 5.41) is 3.19. The van der Waals surface area contributed by atoms with Gasteiger partial charge in [0, 0.05) is 36.1 Å². The molecule has 0 radical (unpaired) electrons. The molecule has 0 saturated carbocycles. The number of nitrogens with one attached hydrogen (secondary N) is 1. The molecule has 1 atom stereocenters. The summed E-state index contributed by atoms with van der Waals surface area (Å²) in [7, 11) is -1.88. The van der Waals surface area contributed by atoms with Crippen LogP contribution >= 0.6 is 28.3 Å². The fourth-order valence-electron chi connectivity index (χ4n) is 2.73. The van der Waals surface area contributed by atoms with Gasteiger partial charge in [-0.25, -0.2) is 8.42 Å². The van der Waals surface area contributed by atoms with Crippen molar-refractivity contribution in [3.05, 3.63) is 22.2 Å². The van der Waals surface area contributed by atoms with Crippen LogP contribution in [-0.4, -0.2) is 45.5 Å². The van der Waals surface area contributed by atoms with Crippen molar-refractivity contribution in [2.24, 2.45) is 0 Å². The Bertz CT molecular complexity index is 633. The minimum atomic E-state index is -3.53. The second-order valence-electron chi connectivity index (χ2n) is 5.16. The van der Waals surface area contributed by atoms with Gasteiger partial charge >= 0.3 is 0 Å². The van der Waals surface area contributed by atoms with Gasteiger partial charge in [0.15, 0.2) is 0 Å². The highest BCUT2D eigenvalue weighted by atomic mass is 79.9. The SMILES string of the molecule is CN(C1CCNC1)S(=O)(=O)c1cc(Br)cc2c1OCC2.Cl. The van der Waals surface area contributed by atoms with Crippen molar-refractivity contribution in [3.63, 3.8) is 0 Å². The summed E-state index contributed by atoms with van der Waals surface area (Å²) in [6, 6.07) is 3.58. The number of fused-ring (bicyclic) bond motifs is 1. The second-order valence-corrected chi connectivity index (χ2v) is 8.04. The van der Waals surface area contributed by atoms with Crippen molar-refractivity contribution >= 4 is 38.4 Å². The normalized spacial score (nSPS) is 21.0. The van der Waals surface area contributed by atoms with Gasteiger partial charge in [0.25, 0.3) is 0 Å². The fraction of sp³-hybridized carbons (Fsp3) is 0.538. The van der Waals surface area contributed by atoms with E-state index in [2.05, 4.69) is 21.2 Å². The summed E-state index contributed by atoms with van der Waals surface area (Å²) in [6.45, 7) is 2.10. The third kappa shape index (κ3) is 3.07. The van der Waals surface area contributed by atoms with Crippen LogP contribution < -0.4 is 10.1 Å². The fourth-order valence-corrected chi connectivity index (χ4v) is 4.97. The zero-order chi connectivity index (χ0) is 14.3. The highest BCUT2D eigenvalue weighted by Gasteiger charge is 2.34. The molecule has 0 aromatic heterocycles. The third-order valence-corrected chi connectivity index (χ3v) is 6.29.